The number of hydrogen-bond donors (Lipinski definition) is 0. The monoisotopic (exact) mass is 464 g/mol. The van der Waals surface area contributed by atoms with Crippen LogP contribution in [-0.4, -0.2) is 18.8 Å². The van der Waals surface area contributed by atoms with E-state index in [1.165, 1.54) is 11.6 Å². The van der Waals surface area contributed by atoms with E-state index in [1.807, 2.05) is 31.2 Å². The molecule has 0 aromatic heterocycles. The van der Waals surface area contributed by atoms with Crippen LogP contribution in [0.25, 0.3) is 0 Å². The van der Waals surface area contributed by atoms with Crippen molar-refractivity contribution in [1.29, 1.82) is 0 Å². The van der Waals surface area contributed by atoms with E-state index in [0.29, 0.717) is 51.0 Å². The Kier molecular flexibility index (Phi) is 7.62. The number of benzene rings is 2. The van der Waals surface area contributed by atoms with Crippen molar-refractivity contribution in [3.8, 4) is 5.75 Å². The number of rotatable bonds is 7. The van der Waals surface area contributed by atoms with E-state index < -0.39 is 29.8 Å². The van der Waals surface area contributed by atoms with Crippen LogP contribution in [0.5, 0.6) is 5.75 Å². The molecule has 0 spiro atoms. The smallest absolute Gasteiger partial charge is 0.358 e. The maximum absolute atomic E-state index is 14.9. The average Bonchev–Trinajstić information content (AvgIpc) is 2.82. The van der Waals surface area contributed by atoms with Gasteiger partial charge in [-0.1, -0.05) is 18.2 Å². The van der Waals surface area contributed by atoms with Gasteiger partial charge in [-0.05, 0) is 106 Å². The molecule has 33 heavy (non-hydrogen) atoms. The van der Waals surface area contributed by atoms with Gasteiger partial charge in [0.05, 0.1) is 18.6 Å². The predicted octanol–water partition coefficient (Wildman–Crippen LogP) is 7.97. The Morgan fingerprint density at radius 3 is 1.94 bits per heavy atom. The fourth-order valence-corrected chi connectivity index (χ4v) is 5.36. The molecular weight excluding hydrogens is 432 g/mol. The highest BCUT2D eigenvalue weighted by Gasteiger charge is 2.45. The van der Waals surface area contributed by atoms with Gasteiger partial charge in [-0.3, -0.25) is 0 Å². The highest BCUT2D eigenvalue weighted by Crippen LogP contribution is 2.45. The standard InChI is InChI=1S/C27H32F4O2/c1-2-32-23-12-5-19(6-13-23)18-3-10-22(11-4-18)27(30,31)33-24-14-7-20(8-15-24)21-9-16-25(28)26(29)17-21/h5-6,9,12-13,16-18,20,22,24H,2-4,7-8,10-11,14-15H2,1H3. The predicted molar refractivity (Wildman–Crippen MR) is 120 cm³/mol. The van der Waals surface area contributed by atoms with Crippen LogP contribution in [0.3, 0.4) is 0 Å². The van der Waals surface area contributed by atoms with E-state index in [0.717, 1.165) is 30.2 Å². The summed E-state index contributed by atoms with van der Waals surface area (Å²) < 4.78 is 67.4. The molecule has 0 aliphatic heterocycles. The Labute approximate surface area is 193 Å². The zero-order chi connectivity index (χ0) is 23.4. The molecule has 0 amide bonds. The van der Waals surface area contributed by atoms with Gasteiger partial charge in [0.15, 0.2) is 11.6 Å². The molecule has 0 atom stereocenters. The van der Waals surface area contributed by atoms with Crippen LogP contribution >= 0.6 is 0 Å². The van der Waals surface area contributed by atoms with Crippen LogP contribution in [0.4, 0.5) is 17.6 Å². The summed E-state index contributed by atoms with van der Waals surface area (Å²) in [5.74, 6) is -1.32. The Balaban J connectivity index is 1.26. The molecule has 0 N–H and O–H groups in total. The van der Waals surface area contributed by atoms with Crippen LogP contribution in [0.15, 0.2) is 42.5 Å². The van der Waals surface area contributed by atoms with Crippen molar-refractivity contribution in [2.45, 2.75) is 82.3 Å². The molecule has 4 rings (SSSR count). The van der Waals surface area contributed by atoms with Gasteiger partial charge in [-0.15, -0.1) is 0 Å². The maximum atomic E-state index is 14.9. The quantitative estimate of drug-likeness (QED) is 0.387. The molecule has 0 bridgehead atoms. The minimum atomic E-state index is -3.14. The van der Waals surface area contributed by atoms with E-state index >= 15 is 0 Å². The number of ether oxygens (including phenoxy) is 2. The van der Waals surface area contributed by atoms with Gasteiger partial charge in [-0.2, -0.15) is 8.78 Å². The second-order valence-corrected chi connectivity index (χ2v) is 9.38. The third-order valence-corrected chi connectivity index (χ3v) is 7.28. The van der Waals surface area contributed by atoms with E-state index in [2.05, 4.69) is 0 Å². The molecule has 180 valence electrons. The van der Waals surface area contributed by atoms with Crippen LogP contribution in [-0.2, 0) is 4.74 Å². The molecular formula is C27H32F4O2. The summed E-state index contributed by atoms with van der Waals surface area (Å²) in [6.07, 6.45) is 0.966. The summed E-state index contributed by atoms with van der Waals surface area (Å²) in [6, 6.07) is 11.9. The van der Waals surface area contributed by atoms with Crippen molar-refractivity contribution in [3.05, 3.63) is 65.2 Å². The van der Waals surface area contributed by atoms with Crippen LogP contribution < -0.4 is 4.74 Å². The summed E-state index contributed by atoms with van der Waals surface area (Å²) in [7, 11) is 0. The van der Waals surface area contributed by atoms with Crippen molar-refractivity contribution in [3.63, 3.8) is 0 Å². The summed E-state index contributed by atoms with van der Waals surface area (Å²) in [4.78, 5) is 0. The van der Waals surface area contributed by atoms with Crippen LogP contribution in [0, 0.1) is 17.6 Å². The highest BCUT2D eigenvalue weighted by molar-refractivity contribution is 5.29. The Bertz CT molecular complexity index is 899. The van der Waals surface area contributed by atoms with Crippen LogP contribution in [0.2, 0.25) is 0 Å². The van der Waals surface area contributed by atoms with Crippen molar-refractivity contribution in [1.82, 2.24) is 0 Å². The van der Waals surface area contributed by atoms with E-state index in [4.69, 9.17) is 9.47 Å². The fourth-order valence-electron chi connectivity index (χ4n) is 5.36. The summed E-state index contributed by atoms with van der Waals surface area (Å²) in [5, 5.41) is 0. The maximum Gasteiger partial charge on any atom is 0.358 e. The van der Waals surface area contributed by atoms with Gasteiger partial charge in [0.1, 0.15) is 5.75 Å². The molecule has 2 saturated carbocycles. The number of halogens is 4. The molecule has 2 aromatic rings. The molecule has 6 heteroatoms. The third kappa shape index (κ3) is 5.89. The number of alkyl halides is 2. The minimum absolute atomic E-state index is 0.0538. The van der Waals surface area contributed by atoms with Crippen molar-refractivity contribution >= 4 is 0 Å². The van der Waals surface area contributed by atoms with Gasteiger partial charge < -0.3 is 9.47 Å². The topological polar surface area (TPSA) is 18.5 Å². The molecule has 0 radical (unpaired) electrons. The first-order valence-corrected chi connectivity index (χ1v) is 12.1. The van der Waals surface area contributed by atoms with Crippen molar-refractivity contribution in [2.24, 2.45) is 5.92 Å². The molecule has 2 fully saturated rings. The Hall–Kier alpha value is -2.08. The third-order valence-electron chi connectivity index (χ3n) is 7.28. The van der Waals surface area contributed by atoms with Crippen LogP contribution in [0.1, 0.15) is 81.3 Å². The fraction of sp³-hybridized carbons (Fsp3) is 0.556. The molecule has 0 unspecified atom stereocenters. The molecule has 0 saturated heterocycles. The lowest BCUT2D eigenvalue weighted by Gasteiger charge is -2.37. The largest absolute Gasteiger partial charge is 0.494 e. The molecule has 2 nitrogen and oxygen atoms in total. The van der Waals surface area contributed by atoms with Gasteiger partial charge in [-0.25, -0.2) is 8.78 Å². The minimum Gasteiger partial charge on any atom is -0.494 e. The van der Waals surface area contributed by atoms with Gasteiger partial charge >= 0.3 is 6.11 Å². The lowest BCUT2D eigenvalue weighted by molar-refractivity contribution is -0.300. The molecule has 2 aliphatic rings. The molecule has 2 aliphatic carbocycles. The van der Waals surface area contributed by atoms with E-state index in [9.17, 15) is 17.6 Å². The van der Waals surface area contributed by atoms with Crippen molar-refractivity contribution in [2.75, 3.05) is 6.61 Å². The lowest BCUT2D eigenvalue weighted by Crippen LogP contribution is -2.38. The molecule has 2 aromatic carbocycles. The Morgan fingerprint density at radius 1 is 0.758 bits per heavy atom. The number of hydrogen-bond acceptors (Lipinski definition) is 2. The second-order valence-electron chi connectivity index (χ2n) is 9.38. The Morgan fingerprint density at radius 2 is 1.33 bits per heavy atom. The first-order valence-electron chi connectivity index (χ1n) is 12.1. The normalized spacial score (nSPS) is 26.2. The average molecular weight is 465 g/mol. The SMILES string of the molecule is CCOc1ccc(C2CCC(C(F)(F)OC3CCC(c4ccc(F)c(F)c4)CC3)CC2)cc1. The zero-order valence-electron chi connectivity index (χ0n) is 19.0. The zero-order valence-corrected chi connectivity index (χ0v) is 19.0. The highest BCUT2D eigenvalue weighted by atomic mass is 19.3. The van der Waals surface area contributed by atoms with Gasteiger partial charge in [0.2, 0.25) is 0 Å². The first-order chi connectivity index (χ1) is 15.9. The molecule has 0 heterocycles. The van der Waals surface area contributed by atoms with E-state index in [1.54, 1.807) is 6.07 Å². The van der Waals surface area contributed by atoms with Gasteiger partial charge in [0, 0.05) is 0 Å². The first kappa shape index (κ1) is 24.1. The summed E-state index contributed by atoms with van der Waals surface area (Å²) in [5.41, 5.74) is 1.91. The second kappa shape index (κ2) is 10.5. The summed E-state index contributed by atoms with van der Waals surface area (Å²) >= 11 is 0. The lowest BCUT2D eigenvalue weighted by atomic mass is 9.78. The van der Waals surface area contributed by atoms with Gasteiger partial charge in [0.25, 0.3) is 0 Å². The van der Waals surface area contributed by atoms with Crippen molar-refractivity contribution < 1.29 is 27.0 Å². The van der Waals surface area contributed by atoms with E-state index in [-0.39, 0.29) is 5.92 Å². The summed E-state index contributed by atoms with van der Waals surface area (Å²) in [6.45, 7) is 2.56.